The maximum atomic E-state index is 2.65. The van der Waals surface area contributed by atoms with Gasteiger partial charge in [0.25, 0.3) is 0 Å². The Hall–Kier alpha value is -0.0400. The number of nitrogens with zero attached hydrogens (tertiary/aromatic N) is 1. The fraction of sp³-hybridized carbons (Fsp3) is 1.00. The van der Waals surface area contributed by atoms with E-state index in [0.29, 0.717) is 0 Å². The first-order chi connectivity index (χ1) is 5.84. The first-order valence-electron chi connectivity index (χ1n) is 5.58. The first-order valence-corrected chi connectivity index (χ1v) is 5.58. The predicted octanol–water partition coefficient (Wildman–Crippen LogP) is 3.05. The van der Waals surface area contributed by atoms with E-state index in [-0.39, 0.29) is 0 Å². The summed E-state index contributed by atoms with van der Waals surface area (Å²) in [5.74, 6) is 0. The molecule has 0 radical (unpaired) electrons. The molecule has 1 heteroatoms. The Morgan fingerprint density at radius 1 is 1.17 bits per heavy atom. The molecule has 0 N–H and O–H groups in total. The van der Waals surface area contributed by atoms with Crippen LogP contribution in [0.15, 0.2) is 0 Å². The van der Waals surface area contributed by atoms with Gasteiger partial charge in [-0.1, -0.05) is 26.2 Å². The highest BCUT2D eigenvalue weighted by atomic mass is 15.2. The van der Waals surface area contributed by atoms with Crippen molar-refractivity contribution in [2.45, 2.75) is 58.4 Å². The summed E-state index contributed by atoms with van der Waals surface area (Å²) in [6.07, 6.45) is 8.46. The van der Waals surface area contributed by atoms with Crippen molar-refractivity contribution in [3.05, 3.63) is 0 Å². The van der Waals surface area contributed by atoms with Crippen molar-refractivity contribution in [2.75, 3.05) is 13.1 Å². The second-order valence-electron chi connectivity index (χ2n) is 4.09. The van der Waals surface area contributed by atoms with Gasteiger partial charge in [-0.25, -0.2) is 0 Å². The van der Waals surface area contributed by atoms with Gasteiger partial charge in [0.1, 0.15) is 0 Å². The normalized spacial score (nSPS) is 21.5. The molecule has 1 rings (SSSR count). The van der Waals surface area contributed by atoms with E-state index in [1.54, 1.807) is 0 Å². The fourth-order valence-corrected chi connectivity index (χ4v) is 2.05. The van der Waals surface area contributed by atoms with Crippen molar-refractivity contribution >= 4 is 0 Å². The lowest BCUT2D eigenvalue weighted by Crippen LogP contribution is -2.29. The van der Waals surface area contributed by atoms with Gasteiger partial charge in [-0.05, 0) is 39.3 Å². The molecule has 0 aromatic heterocycles. The smallest absolute Gasteiger partial charge is 0.00669 e. The van der Waals surface area contributed by atoms with E-state index >= 15 is 0 Å². The van der Waals surface area contributed by atoms with Crippen LogP contribution in [0.25, 0.3) is 0 Å². The SMILES string of the molecule is CCCCCC(C)N1CCCC1. The fourth-order valence-electron chi connectivity index (χ4n) is 2.05. The van der Waals surface area contributed by atoms with Crippen molar-refractivity contribution in [1.29, 1.82) is 0 Å². The Morgan fingerprint density at radius 2 is 1.83 bits per heavy atom. The molecule has 72 valence electrons. The largest absolute Gasteiger partial charge is 0.301 e. The number of hydrogen-bond acceptors (Lipinski definition) is 1. The van der Waals surface area contributed by atoms with Gasteiger partial charge in [0.2, 0.25) is 0 Å². The summed E-state index contributed by atoms with van der Waals surface area (Å²) < 4.78 is 0. The van der Waals surface area contributed by atoms with Gasteiger partial charge < -0.3 is 4.90 Å². The van der Waals surface area contributed by atoms with Crippen LogP contribution in [-0.4, -0.2) is 24.0 Å². The highest BCUT2D eigenvalue weighted by molar-refractivity contribution is 4.72. The van der Waals surface area contributed by atoms with E-state index in [1.165, 1.54) is 51.6 Å². The maximum absolute atomic E-state index is 2.65. The Bertz CT molecular complexity index is 106. The van der Waals surface area contributed by atoms with E-state index in [4.69, 9.17) is 0 Å². The standard InChI is InChI=1S/C11H23N/c1-3-4-5-8-11(2)12-9-6-7-10-12/h11H,3-10H2,1-2H3. The van der Waals surface area contributed by atoms with E-state index in [9.17, 15) is 0 Å². The van der Waals surface area contributed by atoms with Crippen molar-refractivity contribution in [1.82, 2.24) is 4.90 Å². The van der Waals surface area contributed by atoms with Crippen molar-refractivity contribution in [3.8, 4) is 0 Å². The minimum atomic E-state index is 0.846. The van der Waals surface area contributed by atoms with Crippen LogP contribution >= 0.6 is 0 Å². The predicted molar refractivity (Wildman–Crippen MR) is 54.4 cm³/mol. The average Bonchev–Trinajstić information content (AvgIpc) is 2.56. The highest BCUT2D eigenvalue weighted by Crippen LogP contribution is 2.15. The molecule has 0 aromatic rings. The van der Waals surface area contributed by atoms with Crippen LogP contribution in [0, 0.1) is 0 Å². The third kappa shape index (κ3) is 3.14. The summed E-state index contributed by atoms with van der Waals surface area (Å²) in [5, 5.41) is 0. The van der Waals surface area contributed by atoms with E-state index in [2.05, 4.69) is 18.7 Å². The Balaban J connectivity index is 2.05. The molecular weight excluding hydrogens is 146 g/mol. The summed E-state index contributed by atoms with van der Waals surface area (Å²) in [7, 11) is 0. The quantitative estimate of drug-likeness (QED) is 0.572. The van der Waals surface area contributed by atoms with Gasteiger partial charge in [-0.3, -0.25) is 0 Å². The summed E-state index contributed by atoms with van der Waals surface area (Å²) >= 11 is 0. The number of unbranched alkanes of at least 4 members (excludes halogenated alkanes) is 2. The zero-order chi connectivity index (χ0) is 8.81. The van der Waals surface area contributed by atoms with Crippen molar-refractivity contribution < 1.29 is 0 Å². The van der Waals surface area contributed by atoms with Crippen LogP contribution in [0.1, 0.15) is 52.4 Å². The van der Waals surface area contributed by atoms with E-state index in [0.717, 1.165) is 6.04 Å². The van der Waals surface area contributed by atoms with Crippen LogP contribution in [0.5, 0.6) is 0 Å². The number of hydrogen-bond donors (Lipinski definition) is 0. The minimum absolute atomic E-state index is 0.846. The average molecular weight is 169 g/mol. The summed E-state index contributed by atoms with van der Waals surface area (Å²) in [4.78, 5) is 2.65. The zero-order valence-corrected chi connectivity index (χ0v) is 8.68. The van der Waals surface area contributed by atoms with Gasteiger partial charge in [-0.2, -0.15) is 0 Å². The molecule has 1 unspecified atom stereocenters. The lowest BCUT2D eigenvalue weighted by molar-refractivity contribution is 0.242. The molecule has 1 aliphatic rings. The summed E-state index contributed by atoms with van der Waals surface area (Å²) in [5.41, 5.74) is 0. The molecule has 0 aliphatic carbocycles. The van der Waals surface area contributed by atoms with Gasteiger partial charge >= 0.3 is 0 Å². The molecule has 1 heterocycles. The second-order valence-corrected chi connectivity index (χ2v) is 4.09. The zero-order valence-electron chi connectivity index (χ0n) is 8.68. The van der Waals surface area contributed by atoms with Crippen LogP contribution in [0.3, 0.4) is 0 Å². The molecule has 0 spiro atoms. The molecule has 1 atom stereocenters. The first kappa shape index (κ1) is 10.0. The number of rotatable bonds is 5. The summed E-state index contributed by atoms with van der Waals surface area (Å²) in [6, 6.07) is 0.846. The molecular formula is C11H23N. The highest BCUT2D eigenvalue weighted by Gasteiger charge is 2.16. The molecule has 1 fully saturated rings. The maximum Gasteiger partial charge on any atom is 0.00669 e. The van der Waals surface area contributed by atoms with Crippen LogP contribution < -0.4 is 0 Å². The summed E-state index contributed by atoms with van der Waals surface area (Å²) in [6.45, 7) is 7.38. The van der Waals surface area contributed by atoms with Crippen molar-refractivity contribution in [3.63, 3.8) is 0 Å². The Labute approximate surface area is 77.1 Å². The third-order valence-corrected chi connectivity index (χ3v) is 2.99. The molecule has 0 saturated carbocycles. The molecule has 0 bridgehead atoms. The van der Waals surface area contributed by atoms with Crippen LogP contribution in [0.2, 0.25) is 0 Å². The number of likely N-dealkylation sites (tertiary alicyclic amines) is 1. The van der Waals surface area contributed by atoms with Gasteiger partial charge in [0, 0.05) is 6.04 Å². The Morgan fingerprint density at radius 3 is 2.42 bits per heavy atom. The third-order valence-electron chi connectivity index (χ3n) is 2.99. The monoisotopic (exact) mass is 169 g/mol. The van der Waals surface area contributed by atoms with E-state index < -0.39 is 0 Å². The minimum Gasteiger partial charge on any atom is -0.301 e. The second kappa shape index (κ2) is 5.58. The van der Waals surface area contributed by atoms with Gasteiger partial charge in [0.05, 0.1) is 0 Å². The molecule has 1 aliphatic heterocycles. The topological polar surface area (TPSA) is 3.24 Å². The van der Waals surface area contributed by atoms with Crippen molar-refractivity contribution in [2.24, 2.45) is 0 Å². The molecule has 1 saturated heterocycles. The molecule has 0 amide bonds. The lowest BCUT2D eigenvalue weighted by atomic mass is 10.1. The molecule has 1 nitrogen and oxygen atoms in total. The van der Waals surface area contributed by atoms with Gasteiger partial charge in [-0.15, -0.1) is 0 Å². The van der Waals surface area contributed by atoms with Gasteiger partial charge in [0.15, 0.2) is 0 Å². The molecule has 0 aromatic carbocycles. The lowest BCUT2D eigenvalue weighted by Gasteiger charge is -2.23. The van der Waals surface area contributed by atoms with E-state index in [1.807, 2.05) is 0 Å². The molecule has 12 heavy (non-hydrogen) atoms. The van der Waals surface area contributed by atoms with Crippen LogP contribution in [-0.2, 0) is 0 Å². The van der Waals surface area contributed by atoms with Crippen LogP contribution in [0.4, 0.5) is 0 Å². The Kier molecular flexibility index (Phi) is 4.67.